The Morgan fingerprint density at radius 2 is 1.58 bits per heavy atom. The fourth-order valence-electron chi connectivity index (χ4n) is 2.40. The normalized spacial score (nSPS) is 15.5. The molecule has 0 aromatic rings. The minimum Gasteiger partial charge on any atom is -0.378 e. The first-order valence-electron chi connectivity index (χ1n) is 8.74. The molecule has 0 radical (unpaired) electrons. The number of likely N-dealkylation sites (N-methyl/N-ethyl adjacent to an activating group) is 1. The van der Waals surface area contributed by atoms with E-state index in [-0.39, 0.29) is 11.8 Å². The van der Waals surface area contributed by atoms with Gasteiger partial charge in [0.15, 0.2) is 0 Å². The Balaban J connectivity index is 1.96. The van der Waals surface area contributed by atoms with Crippen molar-refractivity contribution in [3.63, 3.8) is 0 Å². The van der Waals surface area contributed by atoms with Crippen molar-refractivity contribution in [2.45, 2.75) is 13.3 Å². The van der Waals surface area contributed by atoms with Gasteiger partial charge in [0, 0.05) is 45.7 Å². The van der Waals surface area contributed by atoms with E-state index in [4.69, 9.17) is 9.47 Å². The molecule has 1 rings (SSSR count). The van der Waals surface area contributed by atoms with Crippen LogP contribution in [0.25, 0.3) is 0 Å². The summed E-state index contributed by atoms with van der Waals surface area (Å²) in [6.07, 6.45) is 0.543. The lowest BCUT2D eigenvalue weighted by atomic mass is 10.3. The second-order valence-corrected chi connectivity index (χ2v) is 5.69. The SMILES string of the molecule is CCC(=O)N1CCN(CC(=O)NCCOCCOCCNC)CC1. The van der Waals surface area contributed by atoms with Gasteiger partial charge in [0.25, 0.3) is 0 Å². The van der Waals surface area contributed by atoms with Crippen molar-refractivity contribution in [3.8, 4) is 0 Å². The molecule has 0 spiro atoms. The third kappa shape index (κ3) is 9.17. The van der Waals surface area contributed by atoms with Crippen molar-refractivity contribution >= 4 is 11.8 Å². The topological polar surface area (TPSA) is 83.1 Å². The molecule has 0 atom stereocenters. The summed E-state index contributed by atoms with van der Waals surface area (Å²) in [4.78, 5) is 27.4. The number of ether oxygens (including phenoxy) is 2. The van der Waals surface area contributed by atoms with Crippen LogP contribution in [0.1, 0.15) is 13.3 Å². The summed E-state index contributed by atoms with van der Waals surface area (Å²) in [6, 6.07) is 0. The second-order valence-electron chi connectivity index (χ2n) is 5.69. The number of amides is 2. The standard InChI is InChI=1S/C16H32N4O4/c1-3-16(22)20-8-6-19(7-9-20)14-15(21)18-5-11-24-13-12-23-10-4-17-2/h17H,3-14H2,1-2H3,(H,18,21). The van der Waals surface area contributed by atoms with E-state index in [0.29, 0.717) is 59.0 Å². The average Bonchev–Trinajstić information content (AvgIpc) is 2.60. The largest absolute Gasteiger partial charge is 0.378 e. The smallest absolute Gasteiger partial charge is 0.234 e. The Kier molecular flexibility index (Phi) is 11.4. The van der Waals surface area contributed by atoms with Crippen molar-refractivity contribution in [2.24, 2.45) is 0 Å². The van der Waals surface area contributed by atoms with Crippen molar-refractivity contribution in [1.29, 1.82) is 0 Å². The van der Waals surface area contributed by atoms with Gasteiger partial charge in [-0.15, -0.1) is 0 Å². The molecule has 0 unspecified atom stereocenters. The van der Waals surface area contributed by atoms with Crippen LogP contribution in [0.15, 0.2) is 0 Å². The van der Waals surface area contributed by atoms with Gasteiger partial charge < -0.3 is 25.0 Å². The van der Waals surface area contributed by atoms with Crippen molar-refractivity contribution in [2.75, 3.05) is 79.3 Å². The maximum atomic E-state index is 11.9. The molecule has 1 fully saturated rings. The number of carbonyl (C=O) groups is 2. The van der Waals surface area contributed by atoms with Gasteiger partial charge >= 0.3 is 0 Å². The number of carbonyl (C=O) groups excluding carboxylic acids is 2. The molecule has 0 bridgehead atoms. The van der Waals surface area contributed by atoms with Crippen LogP contribution >= 0.6 is 0 Å². The fourth-order valence-corrected chi connectivity index (χ4v) is 2.40. The zero-order chi connectivity index (χ0) is 17.6. The van der Waals surface area contributed by atoms with Gasteiger partial charge in [-0.25, -0.2) is 0 Å². The van der Waals surface area contributed by atoms with Gasteiger partial charge in [0.2, 0.25) is 11.8 Å². The number of hydrogen-bond donors (Lipinski definition) is 2. The third-order valence-electron chi connectivity index (χ3n) is 3.83. The average molecular weight is 344 g/mol. The molecule has 0 aliphatic carbocycles. The summed E-state index contributed by atoms with van der Waals surface area (Å²) >= 11 is 0. The van der Waals surface area contributed by atoms with E-state index in [1.165, 1.54) is 0 Å². The molecular formula is C16H32N4O4. The highest BCUT2D eigenvalue weighted by Gasteiger charge is 2.21. The van der Waals surface area contributed by atoms with E-state index in [2.05, 4.69) is 15.5 Å². The van der Waals surface area contributed by atoms with E-state index in [1.807, 2.05) is 18.9 Å². The van der Waals surface area contributed by atoms with Crippen LogP contribution in [0.3, 0.4) is 0 Å². The van der Waals surface area contributed by atoms with E-state index >= 15 is 0 Å². The maximum absolute atomic E-state index is 11.9. The molecule has 1 heterocycles. The first-order valence-corrected chi connectivity index (χ1v) is 8.74. The van der Waals surface area contributed by atoms with Crippen molar-refractivity contribution in [1.82, 2.24) is 20.4 Å². The van der Waals surface area contributed by atoms with Gasteiger partial charge in [-0.05, 0) is 7.05 Å². The molecular weight excluding hydrogens is 312 g/mol. The van der Waals surface area contributed by atoms with E-state index in [9.17, 15) is 9.59 Å². The van der Waals surface area contributed by atoms with Gasteiger partial charge in [0.1, 0.15) is 0 Å². The molecule has 0 aromatic heterocycles. The summed E-state index contributed by atoms with van der Waals surface area (Å²) in [7, 11) is 1.88. The molecule has 2 N–H and O–H groups in total. The van der Waals surface area contributed by atoms with E-state index < -0.39 is 0 Å². The molecule has 1 aliphatic rings. The highest BCUT2D eigenvalue weighted by atomic mass is 16.5. The lowest BCUT2D eigenvalue weighted by Gasteiger charge is -2.34. The Hall–Kier alpha value is -1.22. The molecule has 2 amide bonds. The number of nitrogens with one attached hydrogen (secondary N) is 2. The first-order chi connectivity index (χ1) is 11.7. The van der Waals surface area contributed by atoms with Crippen LogP contribution in [-0.2, 0) is 19.1 Å². The van der Waals surface area contributed by atoms with Gasteiger partial charge in [-0.3, -0.25) is 14.5 Å². The molecule has 0 saturated carbocycles. The zero-order valence-corrected chi connectivity index (χ0v) is 15.0. The molecule has 8 nitrogen and oxygen atoms in total. The molecule has 1 saturated heterocycles. The minimum absolute atomic E-state index is 0.000798. The second kappa shape index (κ2) is 13.1. The van der Waals surface area contributed by atoms with Crippen LogP contribution in [0.4, 0.5) is 0 Å². The van der Waals surface area contributed by atoms with Crippen LogP contribution in [-0.4, -0.2) is 101 Å². The number of piperazine rings is 1. The molecule has 1 aliphatic heterocycles. The molecule has 140 valence electrons. The minimum atomic E-state index is -0.000798. The number of nitrogens with zero attached hydrogens (tertiary/aromatic N) is 2. The Morgan fingerprint density at radius 1 is 0.958 bits per heavy atom. The zero-order valence-electron chi connectivity index (χ0n) is 15.0. The predicted molar refractivity (Wildman–Crippen MR) is 91.9 cm³/mol. The van der Waals surface area contributed by atoms with Crippen molar-refractivity contribution < 1.29 is 19.1 Å². The molecule has 24 heavy (non-hydrogen) atoms. The first kappa shape index (κ1) is 20.8. The maximum Gasteiger partial charge on any atom is 0.234 e. The predicted octanol–water partition coefficient (Wildman–Crippen LogP) is -1.09. The third-order valence-corrected chi connectivity index (χ3v) is 3.83. The van der Waals surface area contributed by atoms with Crippen LogP contribution < -0.4 is 10.6 Å². The summed E-state index contributed by atoms with van der Waals surface area (Å²) in [5.74, 6) is 0.185. The lowest BCUT2D eigenvalue weighted by Crippen LogP contribution is -2.51. The summed E-state index contributed by atoms with van der Waals surface area (Å²) in [5.41, 5.74) is 0. The monoisotopic (exact) mass is 344 g/mol. The Morgan fingerprint density at radius 3 is 2.17 bits per heavy atom. The fraction of sp³-hybridized carbons (Fsp3) is 0.875. The Bertz CT molecular complexity index is 360. The van der Waals surface area contributed by atoms with Crippen LogP contribution in [0.5, 0.6) is 0 Å². The van der Waals surface area contributed by atoms with Gasteiger partial charge in [-0.2, -0.15) is 0 Å². The quantitative estimate of drug-likeness (QED) is 0.438. The van der Waals surface area contributed by atoms with Gasteiger partial charge in [0.05, 0.1) is 33.0 Å². The highest BCUT2D eigenvalue weighted by molar-refractivity contribution is 5.78. The number of hydrogen-bond acceptors (Lipinski definition) is 6. The van der Waals surface area contributed by atoms with Gasteiger partial charge in [-0.1, -0.05) is 6.92 Å². The summed E-state index contributed by atoms with van der Waals surface area (Å²) in [6.45, 7) is 8.75. The van der Waals surface area contributed by atoms with Crippen molar-refractivity contribution in [3.05, 3.63) is 0 Å². The Labute approximate surface area is 144 Å². The van der Waals surface area contributed by atoms with Crippen LogP contribution in [0, 0.1) is 0 Å². The van der Waals surface area contributed by atoms with E-state index in [0.717, 1.165) is 19.6 Å². The summed E-state index contributed by atoms with van der Waals surface area (Å²) < 4.78 is 10.7. The number of rotatable bonds is 12. The highest BCUT2D eigenvalue weighted by Crippen LogP contribution is 2.03. The lowest BCUT2D eigenvalue weighted by molar-refractivity contribution is -0.132. The van der Waals surface area contributed by atoms with E-state index in [1.54, 1.807) is 0 Å². The molecule has 0 aromatic carbocycles. The molecule has 8 heteroatoms. The van der Waals surface area contributed by atoms with Crippen LogP contribution in [0.2, 0.25) is 0 Å². The summed E-state index contributed by atoms with van der Waals surface area (Å²) in [5, 5.41) is 5.85.